The average molecular weight is 158 g/mol. The molecular formula is C7H14N2O2. The maximum Gasteiger partial charge on any atom is 0.324 e. The molecule has 0 unspecified atom stereocenters. The first-order valence-electron chi connectivity index (χ1n) is 3.91. The van der Waals surface area contributed by atoms with Gasteiger partial charge in [0.1, 0.15) is 6.04 Å². The van der Waals surface area contributed by atoms with Crippen LogP contribution in [0, 0.1) is 0 Å². The van der Waals surface area contributed by atoms with Crippen LogP contribution < -0.4 is 11.1 Å². The molecule has 1 aliphatic heterocycles. The summed E-state index contributed by atoms with van der Waals surface area (Å²) in [5, 5.41) is 2.99. The van der Waals surface area contributed by atoms with Crippen molar-refractivity contribution in [2.45, 2.75) is 25.4 Å². The van der Waals surface area contributed by atoms with E-state index in [4.69, 9.17) is 10.5 Å². The van der Waals surface area contributed by atoms with E-state index in [0.717, 1.165) is 13.0 Å². The van der Waals surface area contributed by atoms with Gasteiger partial charge >= 0.3 is 5.97 Å². The molecule has 4 nitrogen and oxygen atoms in total. The first kappa shape index (κ1) is 8.49. The zero-order valence-electron chi connectivity index (χ0n) is 6.67. The largest absolute Gasteiger partial charge is 0.465 e. The molecule has 0 radical (unpaired) electrons. The Morgan fingerprint density at radius 2 is 2.55 bits per heavy atom. The van der Waals surface area contributed by atoms with Crippen LogP contribution in [0.1, 0.15) is 13.3 Å². The predicted octanol–water partition coefficient (Wildman–Crippen LogP) is -0.761. The number of rotatable bonds is 2. The highest BCUT2D eigenvalue weighted by Gasteiger charge is 2.30. The highest BCUT2D eigenvalue weighted by Crippen LogP contribution is 2.05. The van der Waals surface area contributed by atoms with E-state index in [-0.39, 0.29) is 18.1 Å². The first-order chi connectivity index (χ1) is 5.25. The summed E-state index contributed by atoms with van der Waals surface area (Å²) in [5.41, 5.74) is 5.65. The lowest BCUT2D eigenvalue weighted by Crippen LogP contribution is -2.43. The number of hydrogen-bond donors (Lipinski definition) is 2. The summed E-state index contributed by atoms with van der Waals surface area (Å²) in [6.07, 6.45) is 0.851. The molecule has 1 heterocycles. The van der Waals surface area contributed by atoms with Crippen LogP contribution in [0.25, 0.3) is 0 Å². The van der Waals surface area contributed by atoms with Crippen molar-refractivity contribution in [2.75, 3.05) is 13.2 Å². The van der Waals surface area contributed by atoms with Gasteiger partial charge in [-0.1, -0.05) is 0 Å². The van der Waals surface area contributed by atoms with Crippen molar-refractivity contribution in [3.05, 3.63) is 0 Å². The topological polar surface area (TPSA) is 64.3 Å². The third-order valence-electron chi connectivity index (χ3n) is 1.81. The molecule has 1 saturated heterocycles. The van der Waals surface area contributed by atoms with Gasteiger partial charge in [0.15, 0.2) is 0 Å². The van der Waals surface area contributed by atoms with E-state index in [1.165, 1.54) is 0 Å². The van der Waals surface area contributed by atoms with Gasteiger partial charge in [-0.25, -0.2) is 0 Å². The monoisotopic (exact) mass is 158 g/mol. The second kappa shape index (κ2) is 3.69. The summed E-state index contributed by atoms with van der Waals surface area (Å²) in [6, 6.07) is -0.357. The fourth-order valence-electron chi connectivity index (χ4n) is 1.21. The zero-order chi connectivity index (χ0) is 8.27. The first-order valence-corrected chi connectivity index (χ1v) is 3.91. The number of ether oxygens (including phenoxy) is 1. The molecule has 0 bridgehead atoms. The zero-order valence-corrected chi connectivity index (χ0v) is 6.67. The fourth-order valence-corrected chi connectivity index (χ4v) is 1.21. The number of esters is 1. The molecule has 0 aromatic heterocycles. The number of hydrogen-bond acceptors (Lipinski definition) is 4. The minimum atomic E-state index is -0.282. The molecule has 0 spiro atoms. The van der Waals surface area contributed by atoms with Gasteiger partial charge in [0, 0.05) is 6.04 Å². The summed E-state index contributed by atoms with van der Waals surface area (Å²) >= 11 is 0. The minimum Gasteiger partial charge on any atom is -0.465 e. The lowest BCUT2D eigenvalue weighted by atomic mass is 10.1. The van der Waals surface area contributed by atoms with E-state index >= 15 is 0 Å². The van der Waals surface area contributed by atoms with Crippen molar-refractivity contribution in [2.24, 2.45) is 5.73 Å². The van der Waals surface area contributed by atoms with Crippen molar-refractivity contribution in [3.63, 3.8) is 0 Å². The van der Waals surface area contributed by atoms with Crippen LogP contribution in [-0.2, 0) is 9.53 Å². The molecular weight excluding hydrogens is 144 g/mol. The summed E-state index contributed by atoms with van der Waals surface area (Å²) in [4.78, 5) is 11.1. The average Bonchev–Trinajstić information content (AvgIpc) is 2.36. The molecule has 0 amide bonds. The smallest absolute Gasteiger partial charge is 0.324 e. The second-order valence-corrected chi connectivity index (χ2v) is 2.64. The van der Waals surface area contributed by atoms with Crippen LogP contribution in [0.15, 0.2) is 0 Å². The quantitative estimate of drug-likeness (QED) is 0.518. The molecule has 1 aliphatic rings. The highest BCUT2D eigenvalue weighted by atomic mass is 16.5. The van der Waals surface area contributed by atoms with Gasteiger partial charge < -0.3 is 15.8 Å². The molecule has 1 rings (SSSR count). The van der Waals surface area contributed by atoms with Gasteiger partial charge in [0.25, 0.3) is 0 Å². The van der Waals surface area contributed by atoms with Crippen molar-refractivity contribution in [1.82, 2.24) is 5.32 Å². The molecule has 2 atom stereocenters. The van der Waals surface area contributed by atoms with E-state index in [0.29, 0.717) is 6.61 Å². The Bertz CT molecular complexity index is 149. The molecule has 0 aliphatic carbocycles. The molecule has 1 fully saturated rings. The van der Waals surface area contributed by atoms with Crippen LogP contribution in [0.4, 0.5) is 0 Å². The summed E-state index contributed by atoms with van der Waals surface area (Å²) in [7, 11) is 0. The molecule has 64 valence electrons. The maximum absolute atomic E-state index is 11.1. The Morgan fingerprint density at radius 1 is 1.82 bits per heavy atom. The van der Waals surface area contributed by atoms with E-state index in [9.17, 15) is 4.79 Å². The Balaban J connectivity index is 2.39. The normalized spacial score (nSPS) is 30.4. The van der Waals surface area contributed by atoms with Gasteiger partial charge in [-0.05, 0) is 19.9 Å². The third kappa shape index (κ3) is 1.91. The highest BCUT2D eigenvalue weighted by molar-refractivity contribution is 5.77. The molecule has 0 aromatic carbocycles. The lowest BCUT2D eigenvalue weighted by Gasteiger charge is -2.12. The maximum atomic E-state index is 11.1. The minimum absolute atomic E-state index is 0.0750. The Labute approximate surface area is 66.1 Å². The summed E-state index contributed by atoms with van der Waals surface area (Å²) < 4.78 is 4.81. The van der Waals surface area contributed by atoms with E-state index in [2.05, 4.69) is 5.32 Å². The van der Waals surface area contributed by atoms with Crippen LogP contribution in [0.2, 0.25) is 0 Å². The van der Waals surface area contributed by atoms with Gasteiger partial charge in [-0.15, -0.1) is 0 Å². The Hall–Kier alpha value is -0.610. The van der Waals surface area contributed by atoms with E-state index < -0.39 is 0 Å². The number of nitrogens with two attached hydrogens (primary N) is 1. The molecule has 11 heavy (non-hydrogen) atoms. The van der Waals surface area contributed by atoms with Gasteiger partial charge in [0.2, 0.25) is 0 Å². The molecule has 0 saturated carbocycles. The van der Waals surface area contributed by atoms with Gasteiger partial charge in [-0.3, -0.25) is 4.79 Å². The molecule has 4 heteroatoms. The lowest BCUT2D eigenvalue weighted by molar-refractivity contribution is -0.145. The van der Waals surface area contributed by atoms with Crippen LogP contribution in [0.3, 0.4) is 0 Å². The standard InChI is InChI=1S/C7H14N2O2/c1-2-11-7(10)6-5(8)3-4-9-6/h5-6,9H,2-4,8H2,1H3/t5-,6+/m0/s1. The fraction of sp³-hybridized carbons (Fsp3) is 0.857. The second-order valence-electron chi connectivity index (χ2n) is 2.64. The van der Waals surface area contributed by atoms with E-state index in [1.807, 2.05) is 0 Å². The van der Waals surface area contributed by atoms with Gasteiger partial charge in [0.05, 0.1) is 6.61 Å². The van der Waals surface area contributed by atoms with Crippen LogP contribution in [0.5, 0.6) is 0 Å². The van der Waals surface area contributed by atoms with Crippen molar-refractivity contribution >= 4 is 5.97 Å². The molecule has 3 N–H and O–H groups in total. The van der Waals surface area contributed by atoms with Crippen LogP contribution >= 0.6 is 0 Å². The van der Waals surface area contributed by atoms with Crippen molar-refractivity contribution in [1.29, 1.82) is 0 Å². The van der Waals surface area contributed by atoms with Crippen molar-refractivity contribution < 1.29 is 9.53 Å². The van der Waals surface area contributed by atoms with Crippen LogP contribution in [-0.4, -0.2) is 31.2 Å². The Morgan fingerprint density at radius 3 is 3.00 bits per heavy atom. The van der Waals surface area contributed by atoms with E-state index in [1.54, 1.807) is 6.92 Å². The van der Waals surface area contributed by atoms with Crippen molar-refractivity contribution in [3.8, 4) is 0 Å². The number of carbonyl (C=O) groups excluding carboxylic acids is 1. The number of carbonyl (C=O) groups is 1. The Kier molecular flexibility index (Phi) is 2.84. The SMILES string of the molecule is CCOC(=O)[C@@H]1NCC[C@@H]1N. The third-order valence-corrected chi connectivity index (χ3v) is 1.81. The summed E-state index contributed by atoms with van der Waals surface area (Å²) in [6.45, 7) is 3.02. The molecule has 0 aromatic rings. The van der Waals surface area contributed by atoms with Gasteiger partial charge in [-0.2, -0.15) is 0 Å². The predicted molar refractivity (Wildman–Crippen MR) is 41.0 cm³/mol. The number of nitrogens with one attached hydrogen (secondary N) is 1. The summed E-state index contributed by atoms with van der Waals surface area (Å²) in [5.74, 6) is -0.225.